The molecule has 1 aromatic heterocycles. The number of aromatic nitrogens is 2. The van der Waals surface area contributed by atoms with Gasteiger partial charge in [0.25, 0.3) is 5.56 Å². The first-order chi connectivity index (χ1) is 13.9. The molecule has 0 radical (unpaired) electrons. The number of hydrogen-bond acceptors (Lipinski definition) is 4. The molecule has 1 amide bonds. The zero-order valence-corrected chi connectivity index (χ0v) is 15.7. The molecule has 3 aromatic rings. The quantitative estimate of drug-likeness (QED) is 0.613. The van der Waals surface area contributed by atoms with Crippen molar-refractivity contribution < 1.29 is 18.3 Å². The maximum Gasteiger partial charge on any atom is 0.331 e. The Morgan fingerprint density at radius 3 is 2.55 bits per heavy atom. The molecule has 9 heteroatoms. The van der Waals surface area contributed by atoms with Gasteiger partial charge in [0.1, 0.15) is 6.54 Å². The van der Waals surface area contributed by atoms with Gasteiger partial charge in [0.2, 0.25) is 5.91 Å². The molecule has 1 N–H and O–H groups in total. The number of rotatable bonds is 7. The monoisotopic (exact) mass is 403 g/mol. The van der Waals surface area contributed by atoms with Gasteiger partial charge in [-0.2, -0.15) is 0 Å². The molecule has 0 saturated heterocycles. The Balaban J connectivity index is 1.96. The summed E-state index contributed by atoms with van der Waals surface area (Å²) in [4.78, 5) is 38.0. The second-order valence-corrected chi connectivity index (χ2v) is 6.37. The minimum absolute atomic E-state index is 0.0553. The molecule has 152 valence electrons. The largest absolute Gasteiger partial charge is 0.385 e. The first-order valence-electron chi connectivity index (χ1n) is 8.88. The molecular weight excluding hydrogens is 384 g/mol. The Bertz CT molecular complexity index is 1170. The molecule has 29 heavy (non-hydrogen) atoms. The van der Waals surface area contributed by atoms with Crippen LogP contribution < -0.4 is 16.6 Å². The smallest absolute Gasteiger partial charge is 0.331 e. The van der Waals surface area contributed by atoms with Crippen molar-refractivity contribution >= 4 is 22.5 Å². The van der Waals surface area contributed by atoms with E-state index >= 15 is 0 Å². The van der Waals surface area contributed by atoms with E-state index < -0.39 is 35.3 Å². The van der Waals surface area contributed by atoms with Crippen molar-refractivity contribution in [3.63, 3.8) is 0 Å². The second-order valence-electron chi connectivity index (χ2n) is 6.37. The summed E-state index contributed by atoms with van der Waals surface area (Å²) in [6, 6.07) is 9.42. The molecular formula is C20H19F2N3O4. The van der Waals surface area contributed by atoms with Crippen LogP contribution in [0.4, 0.5) is 14.5 Å². The van der Waals surface area contributed by atoms with Gasteiger partial charge in [-0.3, -0.25) is 18.7 Å². The van der Waals surface area contributed by atoms with Crippen molar-refractivity contribution in [2.45, 2.75) is 19.5 Å². The highest BCUT2D eigenvalue weighted by Crippen LogP contribution is 2.13. The minimum Gasteiger partial charge on any atom is -0.385 e. The van der Waals surface area contributed by atoms with Gasteiger partial charge >= 0.3 is 5.69 Å². The van der Waals surface area contributed by atoms with E-state index in [9.17, 15) is 23.2 Å². The van der Waals surface area contributed by atoms with Crippen molar-refractivity contribution in [1.29, 1.82) is 0 Å². The fourth-order valence-corrected chi connectivity index (χ4v) is 3.01. The van der Waals surface area contributed by atoms with Crippen LogP contribution in [0.1, 0.15) is 6.42 Å². The lowest BCUT2D eigenvalue weighted by atomic mass is 10.2. The van der Waals surface area contributed by atoms with Gasteiger partial charge < -0.3 is 10.1 Å². The highest BCUT2D eigenvalue weighted by molar-refractivity contribution is 5.91. The van der Waals surface area contributed by atoms with E-state index in [0.29, 0.717) is 23.9 Å². The molecule has 0 aliphatic rings. The van der Waals surface area contributed by atoms with Crippen LogP contribution in [0, 0.1) is 11.6 Å². The molecule has 0 aliphatic carbocycles. The topological polar surface area (TPSA) is 82.3 Å². The summed E-state index contributed by atoms with van der Waals surface area (Å²) in [6.45, 7) is 0.110. The minimum atomic E-state index is -1.10. The molecule has 0 bridgehead atoms. The predicted octanol–water partition coefficient (Wildman–Crippen LogP) is 2.12. The molecule has 0 saturated carbocycles. The van der Waals surface area contributed by atoms with Crippen molar-refractivity contribution in [3.8, 4) is 0 Å². The van der Waals surface area contributed by atoms with E-state index in [-0.39, 0.29) is 12.2 Å². The second kappa shape index (κ2) is 8.78. The number of anilines is 1. The summed E-state index contributed by atoms with van der Waals surface area (Å²) in [5.41, 5.74) is -0.713. The molecule has 0 spiro atoms. The highest BCUT2D eigenvalue weighted by atomic mass is 19.2. The summed E-state index contributed by atoms with van der Waals surface area (Å²) >= 11 is 0. The van der Waals surface area contributed by atoms with Crippen LogP contribution in [-0.2, 0) is 22.6 Å². The Hall–Kier alpha value is -3.33. The molecule has 0 fully saturated rings. The molecule has 3 rings (SSSR count). The standard InChI is InChI=1S/C20H19F2N3O4/c1-29-10-4-9-24-19(27)14-5-2-3-6-17(14)25(20(24)28)12-18(26)23-13-7-8-15(21)16(22)11-13/h2-3,5-8,11H,4,9-10,12H2,1H3,(H,23,26). The van der Waals surface area contributed by atoms with E-state index in [4.69, 9.17) is 4.74 Å². The van der Waals surface area contributed by atoms with Gasteiger partial charge in [0.15, 0.2) is 11.6 Å². The average Bonchev–Trinajstić information content (AvgIpc) is 2.70. The number of nitrogens with zero attached hydrogens (tertiary/aromatic N) is 2. The van der Waals surface area contributed by atoms with Crippen LogP contribution >= 0.6 is 0 Å². The third kappa shape index (κ3) is 4.40. The van der Waals surface area contributed by atoms with Gasteiger partial charge in [0, 0.05) is 32.0 Å². The Morgan fingerprint density at radius 1 is 1.07 bits per heavy atom. The molecule has 0 aliphatic heterocycles. The summed E-state index contributed by atoms with van der Waals surface area (Å²) in [6.07, 6.45) is 0.449. The number of carbonyl (C=O) groups excluding carboxylic acids is 1. The number of carbonyl (C=O) groups is 1. The lowest BCUT2D eigenvalue weighted by Crippen LogP contribution is -2.42. The number of nitrogens with one attached hydrogen (secondary N) is 1. The van der Waals surface area contributed by atoms with Crippen molar-refractivity contribution in [2.75, 3.05) is 19.0 Å². The molecule has 0 unspecified atom stereocenters. The van der Waals surface area contributed by atoms with E-state index in [1.165, 1.54) is 17.7 Å². The fraction of sp³-hybridized carbons (Fsp3) is 0.250. The summed E-state index contributed by atoms with van der Waals surface area (Å²) in [7, 11) is 1.52. The zero-order valence-electron chi connectivity index (χ0n) is 15.7. The fourth-order valence-electron chi connectivity index (χ4n) is 3.01. The Labute approximate surface area is 164 Å². The number of methoxy groups -OCH3 is 1. The van der Waals surface area contributed by atoms with E-state index in [2.05, 4.69) is 5.32 Å². The van der Waals surface area contributed by atoms with Gasteiger partial charge in [-0.25, -0.2) is 13.6 Å². The Kier molecular flexibility index (Phi) is 6.18. The van der Waals surface area contributed by atoms with Crippen LogP contribution in [0.15, 0.2) is 52.1 Å². The van der Waals surface area contributed by atoms with Crippen molar-refractivity contribution in [3.05, 3.63) is 74.9 Å². The average molecular weight is 403 g/mol. The summed E-state index contributed by atoms with van der Waals surface area (Å²) in [5.74, 6) is -2.75. The van der Waals surface area contributed by atoms with Gasteiger partial charge in [0.05, 0.1) is 10.9 Å². The third-order valence-corrected chi connectivity index (χ3v) is 4.37. The van der Waals surface area contributed by atoms with Crippen LogP contribution in [0.3, 0.4) is 0 Å². The summed E-state index contributed by atoms with van der Waals surface area (Å²) < 4.78 is 33.6. The maximum atomic E-state index is 13.3. The summed E-state index contributed by atoms with van der Waals surface area (Å²) in [5, 5.41) is 2.72. The molecule has 2 aromatic carbocycles. The number of ether oxygens (including phenoxy) is 1. The number of para-hydroxylation sites is 1. The van der Waals surface area contributed by atoms with E-state index in [0.717, 1.165) is 16.7 Å². The maximum absolute atomic E-state index is 13.3. The number of benzene rings is 2. The SMILES string of the molecule is COCCCn1c(=O)c2ccccc2n(CC(=O)Nc2ccc(F)c(F)c2)c1=O. The van der Waals surface area contributed by atoms with E-state index in [1.807, 2.05) is 0 Å². The first-order valence-corrected chi connectivity index (χ1v) is 8.88. The molecule has 0 atom stereocenters. The Morgan fingerprint density at radius 2 is 1.83 bits per heavy atom. The van der Waals surface area contributed by atoms with Crippen molar-refractivity contribution in [1.82, 2.24) is 9.13 Å². The first kappa shape index (κ1) is 20.4. The highest BCUT2D eigenvalue weighted by Gasteiger charge is 2.15. The van der Waals surface area contributed by atoms with Crippen LogP contribution in [0.5, 0.6) is 0 Å². The van der Waals surface area contributed by atoms with Gasteiger partial charge in [-0.05, 0) is 30.7 Å². The van der Waals surface area contributed by atoms with Crippen LogP contribution in [0.25, 0.3) is 10.9 Å². The number of hydrogen-bond donors (Lipinski definition) is 1. The molecule has 1 heterocycles. The van der Waals surface area contributed by atoms with Crippen LogP contribution in [-0.4, -0.2) is 28.8 Å². The lowest BCUT2D eigenvalue weighted by Gasteiger charge is -2.14. The predicted molar refractivity (Wildman–Crippen MR) is 104 cm³/mol. The number of amides is 1. The molecule has 7 nitrogen and oxygen atoms in total. The van der Waals surface area contributed by atoms with Gasteiger partial charge in [-0.15, -0.1) is 0 Å². The third-order valence-electron chi connectivity index (χ3n) is 4.37. The number of fused-ring (bicyclic) bond motifs is 1. The van der Waals surface area contributed by atoms with Crippen molar-refractivity contribution in [2.24, 2.45) is 0 Å². The normalized spacial score (nSPS) is 11.0. The van der Waals surface area contributed by atoms with E-state index in [1.54, 1.807) is 24.3 Å². The lowest BCUT2D eigenvalue weighted by molar-refractivity contribution is -0.116. The van der Waals surface area contributed by atoms with Gasteiger partial charge in [-0.1, -0.05) is 12.1 Å². The zero-order chi connectivity index (χ0) is 21.0. The van der Waals surface area contributed by atoms with Crippen LogP contribution in [0.2, 0.25) is 0 Å². The number of halogens is 2.